The summed E-state index contributed by atoms with van der Waals surface area (Å²) in [7, 11) is 0. The lowest BCUT2D eigenvalue weighted by Gasteiger charge is -2.44. The Morgan fingerprint density at radius 2 is 2.18 bits per heavy atom. The molecule has 2 atom stereocenters. The molecule has 0 spiro atoms. The fourth-order valence-electron chi connectivity index (χ4n) is 3.46. The van der Waals surface area contributed by atoms with E-state index in [1.807, 2.05) is 0 Å². The largest absolute Gasteiger partial charge is 0.478 e. The highest BCUT2D eigenvalue weighted by Crippen LogP contribution is 2.52. The molecule has 0 radical (unpaired) electrons. The minimum atomic E-state index is -0.701. The van der Waals surface area contributed by atoms with Crippen molar-refractivity contribution >= 4 is 5.97 Å². The number of carboxylic acids is 1. The van der Waals surface area contributed by atoms with E-state index in [9.17, 15) is 9.90 Å². The lowest BCUT2D eigenvalue weighted by atomic mass is 9.61. The van der Waals surface area contributed by atoms with Crippen molar-refractivity contribution in [1.82, 2.24) is 0 Å². The Kier molecular flexibility index (Phi) is 3.15. The molecule has 0 aromatic heterocycles. The van der Waals surface area contributed by atoms with Gasteiger partial charge in [-0.15, -0.1) is 0 Å². The fraction of sp³-hybridized carbons (Fsp3) is 0.667. The quantitative estimate of drug-likeness (QED) is 0.735. The summed E-state index contributed by atoms with van der Waals surface area (Å²) in [5.74, 6) is -0.209. The molecule has 2 aliphatic carbocycles. The highest BCUT2D eigenvalue weighted by molar-refractivity contribution is 5.88. The summed E-state index contributed by atoms with van der Waals surface area (Å²) in [5.41, 5.74) is 3.27. The smallest absolute Gasteiger partial charge is 0.331 e. The van der Waals surface area contributed by atoms with Crippen molar-refractivity contribution in [3.8, 4) is 0 Å². The van der Waals surface area contributed by atoms with Crippen molar-refractivity contribution in [3.63, 3.8) is 0 Å². The first-order valence-electron chi connectivity index (χ1n) is 6.55. The SMILES string of the molecule is C=C(C)[C@@H]1CC[C@@]2(C)CCCC(C(=O)O)=C2C1. The highest BCUT2D eigenvalue weighted by Gasteiger charge is 2.40. The predicted molar refractivity (Wildman–Crippen MR) is 68.8 cm³/mol. The molecule has 0 unspecified atom stereocenters. The van der Waals surface area contributed by atoms with E-state index >= 15 is 0 Å². The molecule has 94 valence electrons. The molecule has 1 fully saturated rings. The van der Waals surface area contributed by atoms with Crippen molar-refractivity contribution in [2.75, 3.05) is 0 Å². The van der Waals surface area contributed by atoms with Gasteiger partial charge in [0.15, 0.2) is 0 Å². The number of carboxylic acid groups (broad SMARTS) is 1. The van der Waals surface area contributed by atoms with E-state index < -0.39 is 5.97 Å². The Morgan fingerprint density at radius 3 is 2.76 bits per heavy atom. The van der Waals surface area contributed by atoms with Crippen molar-refractivity contribution in [3.05, 3.63) is 23.3 Å². The third-order valence-electron chi connectivity index (χ3n) is 4.70. The Labute approximate surface area is 103 Å². The van der Waals surface area contributed by atoms with E-state index in [1.54, 1.807) is 0 Å². The monoisotopic (exact) mass is 234 g/mol. The lowest BCUT2D eigenvalue weighted by molar-refractivity contribution is -0.133. The first-order chi connectivity index (χ1) is 7.94. The van der Waals surface area contributed by atoms with Gasteiger partial charge in [0.1, 0.15) is 0 Å². The number of rotatable bonds is 2. The van der Waals surface area contributed by atoms with Gasteiger partial charge in [-0.05, 0) is 56.8 Å². The number of allylic oxidation sites excluding steroid dienone is 2. The third-order valence-corrected chi connectivity index (χ3v) is 4.70. The predicted octanol–water partition coefficient (Wildman–Crippen LogP) is 3.93. The summed E-state index contributed by atoms with van der Waals surface area (Å²) in [6.07, 6.45) is 6.15. The first-order valence-corrected chi connectivity index (χ1v) is 6.55. The molecule has 0 bridgehead atoms. The van der Waals surface area contributed by atoms with Crippen LogP contribution in [-0.2, 0) is 4.79 Å². The second-order valence-corrected chi connectivity index (χ2v) is 5.96. The molecule has 2 aliphatic rings. The molecule has 0 aromatic carbocycles. The van der Waals surface area contributed by atoms with Gasteiger partial charge in [0.05, 0.1) is 0 Å². The number of aliphatic carboxylic acids is 1. The zero-order valence-corrected chi connectivity index (χ0v) is 10.9. The molecule has 0 saturated heterocycles. The molecule has 0 aliphatic heterocycles. The van der Waals surface area contributed by atoms with Gasteiger partial charge >= 0.3 is 5.97 Å². The van der Waals surface area contributed by atoms with Crippen LogP contribution in [0.5, 0.6) is 0 Å². The minimum Gasteiger partial charge on any atom is -0.478 e. The van der Waals surface area contributed by atoms with Crippen LogP contribution in [0.3, 0.4) is 0 Å². The maximum atomic E-state index is 11.3. The maximum Gasteiger partial charge on any atom is 0.331 e. The van der Waals surface area contributed by atoms with Gasteiger partial charge < -0.3 is 5.11 Å². The fourth-order valence-corrected chi connectivity index (χ4v) is 3.46. The number of fused-ring (bicyclic) bond motifs is 1. The van der Waals surface area contributed by atoms with Crippen LogP contribution in [-0.4, -0.2) is 11.1 Å². The van der Waals surface area contributed by atoms with Gasteiger partial charge in [0.25, 0.3) is 0 Å². The molecule has 17 heavy (non-hydrogen) atoms. The van der Waals surface area contributed by atoms with Crippen LogP contribution in [0.1, 0.15) is 52.4 Å². The Balaban J connectivity index is 2.37. The average molecular weight is 234 g/mol. The Morgan fingerprint density at radius 1 is 1.47 bits per heavy atom. The Hall–Kier alpha value is -1.05. The van der Waals surface area contributed by atoms with E-state index in [1.165, 1.54) is 17.6 Å². The molecule has 2 rings (SSSR count). The standard InChI is InChI=1S/C15H22O2/c1-10(2)11-6-8-15(3)7-4-5-12(14(16)17)13(15)9-11/h11H,1,4-9H2,2-3H3,(H,16,17)/t11-,15-/m1/s1. The summed E-state index contributed by atoms with van der Waals surface area (Å²) in [6, 6.07) is 0. The van der Waals surface area contributed by atoms with Crippen LogP contribution >= 0.6 is 0 Å². The second kappa shape index (κ2) is 4.32. The Bertz CT molecular complexity index is 392. The van der Waals surface area contributed by atoms with Crippen LogP contribution in [0.25, 0.3) is 0 Å². The number of carbonyl (C=O) groups is 1. The van der Waals surface area contributed by atoms with E-state index in [4.69, 9.17) is 0 Å². The van der Waals surface area contributed by atoms with E-state index in [0.717, 1.165) is 32.1 Å². The van der Waals surface area contributed by atoms with Gasteiger partial charge in [-0.1, -0.05) is 24.6 Å². The zero-order valence-electron chi connectivity index (χ0n) is 10.9. The summed E-state index contributed by atoms with van der Waals surface area (Å²) in [4.78, 5) is 11.3. The first kappa shape index (κ1) is 12.4. The lowest BCUT2D eigenvalue weighted by Crippen LogP contribution is -2.32. The van der Waals surface area contributed by atoms with Crippen LogP contribution < -0.4 is 0 Å². The van der Waals surface area contributed by atoms with Crippen molar-refractivity contribution in [2.24, 2.45) is 11.3 Å². The summed E-state index contributed by atoms with van der Waals surface area (Å²) in [5, 5.41) is 9.34. The van der Waals surface area contributed by atoms with Gasteiger partial charge in [-0.3, -0.25) is 0 Å². The molecule has 2 heteroatoms. The normalized spacial score (nSPS) is 33.2. The highest BCUT2D eigenvalue weighted by atomic mass is 16.4. The summed E-state index contributed by atoms with van der Waals surface area (Å²) >= 11 is 0. The summed E-state index contributed by atoms with van der Waals surface area (Å²) in [6.45, 7) is 8.35. The van der Waals surface area contributed by atoms with Gasteiger partial charge in [0, 0.05) is 5.57 Å². The molecule has 0 aromatic rings. The van der Waals surface area contributed by atoms with Gasteiger partial charge in [-0.25, -0.2) is 4.79 Å². The summed E-state index contributed by atoms with van der Waals surface area (Å²) < 4.78 is 0. The van der Waals surface area contributed by atoms with Crippen molar-refractivity contribution in [2.45, 2.75) is 52.4 Å². The molecule has 0 heterocycles. The molecule has 1 N–H and O–H groups in total. The van der Waals surface area contributed by atoms with E-state index in [2.05, 4.69) is 20.4 Å². The van der Waals surface area contributed by atoms with Crippen LogP contribution in [0, 0.1) is 11.3 Å². The number of hydrogen-bond acceptors (Lipinski definition) is 1. The molecular weight excluding hydrogens is 212 g/mol. The van der Waals surface area contributed by atoms with Crippen LogP contribution in [0.15, 0.2) is 23.3 Å². The van der Waals surface area contributed by atoms with Crippen molar-refractivity contribution in [1.29, 1.82) is 0 Å². The van der Waals surface area contributed by atoms with Crippen molar-refractivity contribution < 1.29 is 9.90 Å². The molecule has 1 saturated carbocycles. The van der Waals surface area contributed by atoms with E-state index in [0.29, 0.717) is 11.5 Å². The van der Waals surface area contributed by atoms with Gasteiger partial charge in [0.2, 0.25) is 0 Å². The topological polar surface area (TPSA) is 37.3 Å². The third kappa shape index (κ3) is 2.18. The van der Waals surface area contributed by atoms with Crippen LogP contribution in [0.2, 0.25) is 0 Å². The van der Waals surface area contributed by atoms with Gasteiger partial charge in [-0.2, -0.15) is 0 Å². The molecule has 0 amide bonds. The minimum absolute atomic E-state index is 0.151. The molecular formula is C15H22O2. The molecule has 2 nitrogen and oxygen atoms in total. The van der Waals surface area contributed by atoms with Crippen LogP contribution in [0.4, 0.5) is 0 Å². The maximum absolute atomic E-state index is 11.3. The van der Waals surface area contributed by atoms with E-state index in [-0.39, 0.29) is 5.41 Å². The second-order valence-electron chi connectivity index (χ2n) is 5.96. The zero-order chi connectivity index (χ0) is 12.6. The number of hydrogen-bond donors (Lipinski definition) is 1. The average Bonchev–Trinajstić information content (AvgIpc) is 2.26.